The first kappa shape index (κ1) is 19.5. The van der Waals surface area contributed by atoms with Gasteiger partial charge in [0.1, 0.15) is 5.75 Å². The number of rotatable bonds is 6. The maximum atomic E-state index is 13.1. The monoisotopic (exact) mass is 365 g/mol. The molecule has 3 heteroatoms. The smallest absolute Gasteiger partial charge is 0.228 e. The van der Waals surface area contributed by atoms with Crippen molar-refractivity contribution in [1.82, 2.24) is 4.90 Å². The average Bonchev–Trinajstić information content (AvgIpc) is 2.66. The molecule has 1 aliphatic heterocycles. The zero-order valence-electron chi connectivity index (χ0n) is 17.0. The molecule has 3 nitrogen and oxygen atoms in total. The minimum atomic E-state index is -0.364. The van der Waals surface area contributed by atoms with Crippen LogP contribution >= 0.6 is 0 Å². The van der Waals surface area contributed by atoms with Gasteiger partial charge in [0.05, 0.1) is 6.61 Å². The zero-order chi connectivity index (χ0) is 19.4. The van der Waals surface area contributed by atoms with Crippen LogP contribution in [-0.2, 0) is 17.8 Å². The highest BCUT2D eigenvalue weighted by Gasteiger charge is 2.33. The number of ether oxygens (including phenoxy) is 1. The van der Waals surface area contributed by atoms with Crippen LogP contribution in [0.3, 0.4) is 0 Å². The fraction of sp³-hybridized carbons (Fsp3) is 0.458. The predicted molar refractivity (Wildman–Crippen MR) is 110 cm³/mol. The van der Waals surface area contributed by atoms with Crippen LogP contribution in [0.15, 0.2) is 42.5 Å². The number of amides is 1. The van der Waals surface area contributed by atoms with Crippen molar-refractivity contribution in [3.05, 3.63) is 64.7 Å². The number of aryl methyl sites for hydroxylation is 2. The van der Waals surface area contributed by atoms with Crippen molar-refractivity contribution in [2.24, 2.45) is 5.41 Å². The van der Waals surface area contributed by atoms with Crippen molar-refractivity contribution in [2.45, 2.75) is 53.5 Å². The summed E-state index contributed by atoms with van der Waals surface area (Å²) in [5, 5.41) is 0. The van der Waals surface area contributed by atoms with E-state index in [-0.39, 0.29) is 11.3 Å². The van der Waals surface area contributed by atoms with Gasteiger partial charge in [0.15, 0.2) is 0 Å². The van der Waals surface area contributed by atoms with Crippen LogP contribution in [0.4, 0.5) is 0 Å². The van der Waals surface area contributed by atoms with Crippen molar-refractivity contribution >= 4 is 5.91 Å². The molecular weight excluding hydrogens is 334 g/mol. The molecule has 0 saturated carbocycles. The Kier molecular flexibility index (Phi) is 5.88. The van der Waals surface area contributed by atoms with E-state index in [4.69, 9.17) is 4.74 Å². The molecule has 0 unspecified atom stereocenters. The van der Waals surface area contributed by atoms with Crippen LogP contribution in [0.2, 0.25) is 0 Å². The van der Waals surface area contributed by atoms with Crippen LogP contribution in [-0.4, -0.2) is 24.0 Å². The second-order valence-electron chi connectivity index (χ2n) is 8.35. The number of hydrogen-bond donors (Lipinski definition) is 0. The van der Waals surface area contributed by atoms with E-state index in [1.54, 1.807) is 0 Å². The molecular formula is C24H31NO2. The molecule has 0 N–H and O–H groups in total. The van der Waals surface area contributed by atoms with E-state index in [0.717, 1.165) is 43.7 Å². The molecule has 0 bridgehead atoms. The number of carbonyl (C=O) groups excluding carboxylic acids is 1. The molecule has 0 saturated heterocycles. The van der Waals surface area contributed by atoms with E-state index in [1.165, 1.54) is 16.7 Å². The van der Waals surface area contributed by atoms with Crippen molar-refractivity contribution in [3.8, 4) is 5.75 Å². The van der Waals surface area contributed by atoms with Crippen LogP contribution in [0.25, 0.3) is 0 Å². The predicted octanol–water partition coefficient (Wildman–Crippen LogP) is 5.07. The second kappa shape index (κ2) is 8.16. The lowest BCUT2D eigenvalue weighted by molar-refractivity contribution is -0.141. The molecule has 2 aromatic carbocycles. The van der Waals surface area contributed by atoms with Crippen molar-refractivity contribution in [2.75, 3.05) is 13.2 Å². The molecule has 0 radical (unpaired) electrons. The average molecular weight is 366 g/mol. The third kappa shape index (κ3) is 4.71. The summed E-state index contributed by atoms with van der Waals surface area (Å²) in [5.41, 5.74) is 4.66. The Morgan fingerprint density at radius 1 is 1.11 bits per heavy atom. The van der Waals surface area contributed by atoms with Crippen molar-refractivity contribution in [3.63, 3.8) is 0 Å². The summed E-state index contributed by atoms with van der Waals surface area (Å²) < 4.78 is 5.96. The number of fused-ring (bicyclic) bond motifs is 1. The Hall–Kier alpha value is -2.29. The third-order valence-electron chi connectivity index (χ3n) is 5.54. The lowest BCUT2D eigenvalue weighted by Crippen LogP contribution is -2.43. The summed E-state index contributed by atoms with van der Waals surface area (Å²) in [7, 11) is 0. The molecule has 3 rings (SSSR count). The second-order valence-corrected chi connectivity index (χ2v) is 8.35. The minimum Gasteiger partial charge on any atom is -0.493 e. The molecule has 0 atom stereocenters. The number of benzene rings is 2. The minimum absolute atomic E-state index is 0.253. The van der Waals surface area contributed by atoms with E-state index in [1.807, 2.05) is 4.90 Å². The van der Waals surface area contributed by atoms with Gasteiger partial charge in [-0.25, -0.2) is 0 Å². The topological polar surface area (TPSA) is 29.5 Å². The molecule has 0 fully saturated rings. The van der Waals surface area contributed by atoms with E-state index in [9.17, 15) is 4.79 Å². The van der Waals surface area contributed by atoms with E-state index in [0.29, 0.717) is 6.61 Å². The largest absolute Gasteiger partial charge is 0.493 e. The van der Waals surface area contributed by atoms with Crippen LogP contribution in [0.5, 0.6) is 5.75 Å². The molecule has 27 heavy (non-hydrogen) atoms. The Bertz CT molecular complexity index is 810. The van der Waals surface area contributed by atoms with Gasteiger partial charge in [-0.05, 0) is 61.4 Å². The summed E-state index contributed by atoms with van der Waals surface area (Å²) >= 11 is 0. The maximum Gasteiger partial charge on any atom is 0.228 e. The van der Waals surface area contributed by atoms with Crippen LogP contribution < -0.4 is 4.74 Å². The molecule has 1 aliphatic rings. The van der Waals surface area contributed by atoms with Crippen LogP contribution in [0.1, 0.15) is 48.9 Å². The number of carbonyl (C=O) groups is 1. The first-order chi connectivity index (χ1) is 12.9. The van der Waals surface area contributed by atoms with E-state index >= 15 is 0 Å². The lowest BCUT2D eigenvalue weighted by atomic mass is 9.85. The molecule has 0 aliphatic carbocycles. The highest BCUT2D eigenvalue weighted by molar-refractivity contribution is 5.82. The van der Waals surface area contributed by atoms with Gasteiger partial charge in [-0.15, -0.1) is 0 Å². The van der Waals surface area contributed by atoms with Gasteiger partial charge in [0.25, 0.3) is 0 Å². The summed E-state index contributed by atoms with van der Waals surface area (Å²) in [6.45, 7) is 10.5. The quantitative estimate of drug-likeness (QED) is 0.669. The molecule has 1 amide bonds. The van der Waals surface area contributed by atoms with Gasteiger partial charge in [-0.2, -0.15) is 0 Å². The molecule has 0 aromatic heterocycles. The lowest BCUT2D eigenvalue weighted by Gasteiger charge is -2.35. The zero-order valence-corrected chi connectivity index (χ0v) is 17.0. The fourth-order valence-electron chi connectivity index (χ4n) is 3.76. The number of hydrogen-bond acceptors (Lipinski definition) is 2. The number of nitrogens with zero attached hydrogens (tertiary/aromatic N) is 1. The Labute approximate surface area is 163 Å². The summed E-state index contributed by atoms with van der Waals surface area (Å²) in [6, 6.07) is 14.7. The van der Waals surface area contributed by atoms with Gasteiger partial charge in [-0.1, -0.05) is 50.2 Å². The first-order valence-corrected chi connectivity index (χ1v) is 9.93. The summed E-state index contributed by atoms with van der Waals surface area (Å²) in [5.74, 6) is 1.20. The van der Waals surface area contributed by atoms with Gasteiger partial charge in [-0.3, -0.25) is 4.79 Å². The van der Waals surface area contributed by atoms with Crippen molar-refractivity contribution < 1.29 is 9.53 Å². The fourth-order valence-corrected chi connectivity index (χ4v) is 3.76. The standard InChI is InChI=1S/C24H31NO2/c1-18-10-11-19(2)22(16-18)27-15-7-13-24(3,4)23(26)25-14-12-20-8-5-6-9-21(20)17-25/h5-6,8-11,16H,7,12-15,17H2,1-4H3. The maximum absolute atomic E-state index is 13.1. The van der Waals surface area contributed by atoms with Crippen molar-refractivity contribution in [1.29, 1.82) is 0 Å². The third-order valence-corrected chi connectivity index (χ3v) is 5.54. The summed E-state index contributed by atoms with van der Waals surface area (Å²) in [4.78, 5) is 15.1. The Morgan fingerprint density at radius 2 is 1.85 bits per heavy atom. The molecule has 2 aromatic rings. The van der Waals surface area contributed by atoms with Gasteiger partial charge < -0.3 is 9.64 Å². The normalized spacial score (nSPS) is 14.0. The van der Waals surface area contributed by atoms with Gasteiger partial charge in [0, 0.05) is 18.5 Å². The van der Waals surface area contributed by atoms with Gasteiger partial charge in [0.2, 0.25) is 5.91 Å². The molecule has 144 valence electrons. The SMILES string of the molecule is Cc1ccc(C)c(OCCCC(C)(C)C(=O)N2CCc3ccccc3C2)c1. The van der Waals surface area contributed by atoms with E-state index < -0.39 is 0 Å². The summed E-state index contributed by atoms with van der Waals surface area (Å²) in [6.07, 6.45) is 2.65. The Morgan fingerprint density at radius 3 is 2.63 bits per heavy atom. The van der Waals surface area contributed by atoms with Gasteiger partial charge >= 0.3 is 0 Å². The molecule has 0 spiro atoms. The highest BCUT2D eigenvalue weighted by atomic mass is 16.5. The Balaban J connectivity index is 1.52. The highest BCUT2D eigenvalue weighted by Crippen LogP contribution is 2.29. The molecule has 1 heterocycles. The first-order valence-electron chi connectivity index (χ1n) is 9.93. The van der Waals surface area contributed by atoms with E-state index in [2.05, 4.69) is 70.2 Å². The van der Waals surface area contributed by atoms with Crippen LogP contribution in [0, 0.1) is 19.3 Å².